The summed E-state index contributed by atoms with van der Waals surface area (Å²) in [5.74, 6) is -0.323. The third kappa shape index (κ3) is 3.56. The number of nitrogens with zero attached hydrogens (tertiary/aromatic N) is 3. The van der Waals surface area contributed by atoms with Crippen LogP contribution in [0.1, 0.15) is 35.8 Å². The molecular weight excluding hydrogens is 270 g/mol. The lowest BCUT2D eigenvalue weighted by Gasteiger charge is -2.05. The van der Waals surface area contributed by atoms with E-state index in [4.69, 9.17) is 0 Å². The first kappa shape index (κ1) is 15.0. The zero-order valence-corrected chi connectivity index (χ0v) is 12.2. The maximum atomic E-state index is 12.2. The highest BCUT2D eigenvalue weighted by atomic mass is 16.2. The Morgan fingerprint density at radius 1 is 1.29 bits per heavy atom. The van der Waals surface area contributed by atoms with Gasteiger partial charge in [0.2, 0.25) is 5.91 Å². The second kappa shape index (κ2) is 6.83. The van der Waals surface area contributed by atoms with Gasteiger partial charge in [-0.15, -0.1) is 0 Å². The third-order valence-electron chi connectivity index (χ3n) is 3.01. The van der Waals surface area contributed by atoms with Crippen molar-refractivity contribution in [2.24, 2.45) is 0 Å². The fourth-order valence-corrected chi connectivity index (χ4v) is 1.99. The van der Waals surface area contributed by atoms with Crippen molar-refractivity contribution in [2.75, 3.05) is 13.1 Å². The highest BCUT2D eigenvalue weighted by Crippen LogP contribution is 2.12. The molecule has 0 bridgehead atoms. The summed E-state index contributed by atoms with van der Waals surface area (Å²) in [5.41, 5.74) is 1.58. The fraction of sp³-hybridized carbons (Fsp3) is 0.429. The van der Waals surface area contributed by atoms with E-state index in [1.165, 1.54) is 0 Å². The van der Waals surface area contributed by atoms with Crippen LogP contribution in [0.2, 0.25) is 0 Å². The van der Waals surface area contributed by atoms with Gasteiger partial charge in [-0.25, -0.2) is 9.50 Å². The lowest BCUT2D eigenvalue weighted by Crippen LogP contribution is -2.31. The largest absolute Gasteiger partial charge is 0.356 e. The monoisotopic (exact) mass is 289 g/mol. The molecule has 0 radical (unpaired) electrons. The molecular formula is C14H19N5O2. The molecule has 21 heavy (non-hydrogen) atoms. The van der Waals surface area contributed by atoms with Gasteiger partial charge in [-0.05, 0) is 19.4 Å². The summed E-state index contributed by atoms with van der Waals surface area (Å²) >= 11 is 0. The molecule has 2 N–H and O–H groups in total. The molecule has 0 spiro atoms. The number of aromatic nitrogens is 3. The number of nitrogens with one attached hydrogen (secondary N) is 2. The van der Waals surface area contributed by atoms with Crippen molar-refractivity contribution in [3.8, 4) is 0 Å². The highest BCUT2D eigenvalue weighted by Gasteiger charge is 2.17. The molecule has 2 aromatic heterocycles. The molecule has 0 aromatic carbocycles. The molecule has 7 nitrogen and oxygen atoms in total. The van der Waals surface area contributed by atoms with E-state index in [9.17, 15) is 9.59 Å². The van der Waals surface area contributed by atoms with Crippen LogP contribution in [0.5, 0.6) is 0 Å². The van der Waals surface area contributed by atoms with E-state index in [1.54, 1.807) is 29.9 Å². The van der Waals surface area contributed by atoms with Gasteiger partial charge in [0.25, 0.3) is 5.91 Å². The molecule has 0 aliphatic heterocycles. The van der Waals surface area contributed by atoms with Crippen LogP contribution in [-0.2, 0) is 4.79 Å². The molecule has 0 saturated carbocycles. The summed E-state index contributed by atoms with van der Waals surface area (Å²) in [4.78, 5) is 27.8. The maximum Gasteiger partial charge on any atom is 0.257 e. The van der Waals surface area contributed by atoms with Crippen molar-refractivity contribution in [2.45, 2.75) is 26.7 Å². The Hall–Kier alpha value is -2.44. The lowest BCUT2D eigenvalue weighted by molar-refractivity contribution is -0.120. The minimum absolute atomic E-state index is 0.0631. The van der Waals surface area contributed by atoms with Crippen molar-refractivity contribution in [1.82, 2.24) is 25.2 Å². The zero-order chi connectivity index (χ0) is 15.2. The number of hydrogen-bond acceptors (Lipinski definition) is 4. The van der Waals surface area contributed by atoms with Crippen molar-refractivity contribution < 1.29 is 9.59 Å². The molecule has 2 rings (SSSR count). The molecule has 0 aliphatic carbocycles. The van der Waals surface area contributed by atoms with Gasteiger partial charge in [-0.1, -0.05) is 6.92 Å². The van der Waals surface area contributed by atoms with Gasteiger partial charge in [-0.2, -0.15) is 5.10 Å². The van der Waals surface area contributed by atoms with E-state index in [-0.39, 0.29) is 24.8 Å². The second-order valence-electron chi connectivity index (χ2n) is 4.70. The van der Waals surface area contributed by atoms with Gasteiger partial charge in [-0.3, -0.25) is 9.59 Å². The first-order chi connectivity index (χ1) is 10.1. The molecule has 112 valence electrons. The van der Waals surface area contributed by atoms with Crippen LogP contribution in [0.4, 0.5) is 0 Å². The van der Waals surface area contributed by atoms with E-state index in [2.05, 4.69) is 20.7 Å². The molecule has 2 amide bonds. The zero-order valence-electron chi connectivity index (χ0n) is 12.2. The predicted octanol–water partition coefficient (Wildman–Crippen LogP) is 0.684. The number of fused-ring (bicyclic) bond motifs is 1. The lowest BCUT2D eigenvalue weighted by atomic mass is 10.2. The standard InChI is InChI=1S/C14H19N5O2/c1-3-6-15-11(20)5-8-17-14(21)12-10(2)18-19-9-4-7-16-13(12)19/h4,7,9H,3,5-6,8H2,1-2H3,(H,15,20)(H,17,21). The summed E-state index contributed by atoms with van der Waals surface area (Å²) in [6.07, 6.45) is 4.51. The van der Waals surface area contributed by atoms with Crippen molar-refractivity contribution in [1.29, 1.82) is 0 Å². The van der Waals surface area contributed by atoms with Crippen LogP contribution in [0.15, 0.2) is 18.5 Å². The average molecular weight is 289 g/mol. The number of carbonyl (C=O) groups excluding carboxylic acids is 2. The summed E-state index contributed by atoms with van der Waals surface area (Å²) < 4.78 is 1.57. The average Bonchev–Trinajstić information content (AvgIpc) is 2.80. The quantitative estimate of drug-likeness (QED) is 0.818. The Morgan fingerprint density at radius 2 is 2.10 bits per heavy atom. The predicted molar refractivity (Wildman–Crippen MR) is 78.0 cm³/mol. The van der Waals surface area contributed by atoms with Gasteiger partial charge in [0.1, 0.15) is 5.56 Å². The second-order valence-corrected chi connectivity index (χ2v) is 4.70. The molecule has 2 aromatic rings. The Bertz CT molecular complexity index is 650. The van der Waals surface area contributed by atoms with Crippen LogP contribution >= 0.6 is 0 Å². The van der Waals surface area contributed by atoms with E-state index in [0.717, 1.165) is 6.42 Å². The highest BCUT2D eigenvalue weighted by molar-refractivity contribution is 6.01. The minimum Gasteiger partial charge on any atom is -0.356 e. The summed E-state index contributed by atoms with van der Waals surface area (Å²) in [6.45, 7) is 4.70. The Kier molecular flexibility index (Phi) is 4.86. The normalized spacial score (nSPS) is 10.6. The van der Waals surface area contributed by atoms with Gasteiger partial charge in [0, 0.05) is 31.9 Å². The van der Waals surface area contributed by atoms with Crippen molar-refractivity contribution >= 4 is 17.5 Å². The molecule has 2 heterocycles. The van der Waals surface area contributed by atoms with Crippen LogP contribution in [0, 0.1) is 6.92 Å². The van der Waals surface area contributed by atoms with E-state index >= 15 is 0 Å². The molecule has 0 saturated heterocycles. The molecule has 0 aliphatic rings. The van der Waals surface area contributed by atoms with Gasteiger partial charge >= 0.3 is 0 Å². The van der Waals surface area contributed by atoms with Crippen LogP contribution < -0.4 is 10.6 Å². The smallest absolute Gasteiger partial charge is 0.257 e. The summed E-state index contributed by atoms with van der Waals surface area (Å²) in [5, 5.41) is 9.73. The number of hydrogen-bond donors (Lipinski definition) is 2. The van der Waals surface area contributed by atoms with E-state index in [0.29, 0.717) is 23.4 Å². The van der Waals surface area contributed by atoms with Crippen LogP contribution in [0.25, 0.3) is 5.65 Å². The Morgan fingerprint density at radius 3 is 2.86 bits per heavy atom. The maximum absolute atomic E-state index is 12.2. The molecule has 0 unspecified atom stereocenters. The van der Waals surface area contributed by atoms with Gasteiger partial charge in [0.15, 0.2) is 5.65 Å². The van der Waals surface area contributed by atoms with Crippen LogP contribution in [0.3, 0.4) is 0 Å². The van der Waals surface area contributed by atoms with E-state index < -0.39 is 0 Å². The third-order valence-corrected chi connectivity index (χ3v) is 3.01. The van der Waals surface area contributed by atoms with Crippen LogP contribution in [-0.4, -0.2) is 39.5 Å². The molecule has 0 fully saturated rings. The fourth-order valence-electron chi connectivity index (χ4n) is 1.99. The van der Waals surface area contributed by atoms with Gasteiger partial charge in [0.05, 0.1) is 5.69 Å². The van der Waals surface area contributed by atoms with Gasteiger partial charge < -0.3 is 10.6 Å². The topological polar surface area (TPSA) is 88.4 Å². The Balaban J connectivity index is 1.96. The van der Waals surface area contributed by atoms with E-state index in [1.807, 2.05) is 6.92 Å². The number of aryl methyl sites for hydroxylation is 1. The number of carbonyl (C=O) groups is 2. The summed E-state index contributed by atoms with van der Waals surface area (Å²) in [7, 11) is 0. The first-order valence-electron chi connectivity index (χ1n) is 6.98. The minimum atomic E-state index is -0.260. The van der Waals surface area contributed by atoms with Crippen molar-refractivity contribution in [3.05, 3.63) is 29.7 Å². The first-order valence-corrected chi connectivity index (χ1v) is 6.98. The number of amides is 2. The van der Waals surface area contributed by atoms with Crippen molar-refractivity contribution in [3.63, 3.8) is 0 Å². The summed E-state index contributed by atoms with van der Waals surface area (Å²) in [6, 6.07) is 1.75. The molecule has 0 atom stereocenters. The SMILES string of the molecule is CCCNC(=O)CCNC(=O)c1c(C)nn2cccnc12. The molecule has 7 heteroatoms. The Labute approximate surface area is 122 Å². The number of rotatable bonds is 6.